The first-order valence-corrected chi connectivity index (χ1v) is 15.3. The van der Waals surface area contributed by atoms with Crippen molar-refractivity contribution in [3.05, 3.63) is 158 Å². The third-order valence-corrected chi connectivity index (χ3v) is 9.24. The fourth-order valence-electron chi connectivity index (χ4n) is 7.41. The molecule has 45 heavy (non-hydrogen) atoms. The van der Waals surface area contributed by atoms with Crippen molar-refractivity contribution < 1.29 is 0 Å². The van der Waals surface area contributed by atoms with E-state index in [0.717, 1.165) is 39.4 Å². The van der Waals surface area contributed by atoms with Crippen LogP contribution in [0.4, 0.5) is 0 Å². The molecule has 6 aromatic carbocycles. The van der Waals surface area contributed by atoms with Crippen LogP contribution in [0, 0.1) is 0 Å². The molecule has 10 rings (SSSR count). The maximum atomic E-state index is 5.44. The molecule has 0 unspecified atom stereocenters. The smallest absolute Gasteiger partial charge is 0.140 e. The lowest BCUT2D eigenvalue weighted by atomic mass is 10.1. The standard InChI is InChI=1S/C41H26N4/c1-2-13-27(14-3-1)43-34-19-8-6-17-30(34)32-25-26-33-31-18-7-11-22-37(31)45(41(33)40(32)43)39-24-12-23-38(42-39)44-35-20-9-4-15-28(35)29-16-5-10-21-36(29)44/h1-26H. The van der Waals surface area contributed by atoms with Crippen LogP contribution in [-0.2, 0) is 0 Å². The van der Waals surface area contributed by atoms with Crippen molar-refractivity contribution in [1.82, 2.24) is 18.7 Å². The Bertz CT molecular complexity index is 2710. The van der Waals surface area contributed by atoms with Crippen LogP contribution < -0.4 is 0 Å². The number of rotatable bonds is 3. The van der Waals surface area contributed by atoms with E-state index in [2.05, 4.69) is 171 Å². The van der Waals surface area contributed by atoms with Gasteiger partial charge in [0.05, 0.1) is 33.1 Å². The molecule has 4 heteroatoms. The number of aromatic nitrogens is 4. The van der Waals surface area contributed by atoms with Crippen LogP contribution in [0.5, 0.6) is 0 Å². The van der Waals surface area contributed by atoms with E-state index in [9.17, 15) is 0 Å². The second-order valence-electron chi connectivity index (χ2n) is 11.6. The largest absolute Gasteiger partial charge is 0.307 e. The fraction of sp³-hybridized carbons (Fsp3) is 0. The average Bonchev–Trinajstić information content (AvgIpc) is 3.75. The van der Waals surface area contributed by atoms with E-state index in [1.807, 2.05) is 0 Å². The fourth-order valence-corrected chi connectivity index (χ4v) is 7.41. The van der Waals surface area contributed by atoms with Gasteiger partial charge in [-0.2, -0.15) is 0 Å². The highest BCUT2D eigenvalue weighted by Gasteiger charge is 2.22. The number of benzene rings is 6. The molecule has 4 aromatic heterocycles. The van der Waals surface area contributed by atoms with E-state index in [4.69, 9.17) is 4.98 Å². The average molecular weight is 575 g/mol. The van der Waals surface area contributed by atoms with E-state index in [-0.39, 0.29) is 0 Å². The molecule has 0 atom stereocenters. The van der Waals surface area contributed by atoms with E-state index < -0.39 is 0 Å². The van der Waals surface area contributed by atoms with Crippen LogP contribution in [0.1, 0.15) is 0 Å². The summed E-state index contributed by atoms with van der Waals surface area (Å²) in [5, 5.41) is 7.34. The van der Waals surface area contributed by atoms with Gasteiger partial charge in [-0.15, -0.1) is 0 Å². The van der Waals surface area contributed by atoms with Gasteiger partial charge in [0.1, 0.15) is 11.6 Å². The lowest BCUT2D eigenvalue weighted by Gasteiger charge is -2.13. The monoisotopic (exact) mass is 574 g/mol. The van der Waals surface area contributed by atoms with Crippen molar-refractivity contribution in [1.29, 1.82) is 0 Å². The van der Waals surface area contributed by atoms with Crippen LogP contribution in [0.15, 0.2) is 158 Å². The summed E-state index contributed by atoms with van der Waals surface area (Å²) in [6.07, 6.45) is 0. The first-order valence-electron chi connectivity index (χ1n) is 15.3. The number of nitrogens with zero attached hydrogens (tertiary/aromatic N) is 4. The second kappa shape index (κ2) is 9.18. The lowest BCUT2D eigenvalue weighted by Crippen LogP contribution is -2.04. The zero-order valence-electron chi connectivity index (χ0n) is 24.3. The molecule has 0 fully saturated rings. The molecule has 0 aliphatic carbocycles. The molecule has 10 aromatic rings. The Kier molecular flexibility index (Phi) is 4.96. The summed E-state index contributed by atoms with van der Waals surface area (Å²) in [6.45, 7) is 0. The van der Waals surface area contributed by atoms with Gasteiger partial charge in [0.25, 0.3) is 0 Å². The Morgan fingerprint density at radius 2 is 0.689 bits per heavy atom. The first kappa shape index (κ1) is 24.3. The van der Waals surface area contributed by atoms with Crippen molar-refractivity contribution in [2.75, 3.05) is 0 Å². The molecule has 0 N–H and O–H groups in total. The SMILES string of the molecule is c1ccc(-n2c3ccccc3c3ccc4c5ccccc5n(-c5cccc(-n6c7ccccc7c7ccccc76)n5)c4c32)cc1. The van der Waals surface area contributed by atoms with Gasteiger partial charge in [0.2, 0.25) is 0 Å². The van der Waals surface area contributed by atoms with Crippen molar-refractivity contribution in [2.45, 2.75) is 0 Å². The molecular weight excluding hydrogens is 548 g/mol. The van der Waals surface area contributed by atoms with Gasteiger partial charge in [-0.25, -0.2) is 4.98 Å². The zero-order valence-corrected chi connectivity index (χ0v) is 24.3. The van der Waals surface area contributed by atoms with Crippen LogP contribution in [-0.4, -0.2) is 18.7 Å². The minimum Gasteiger partial charge on any atom is -0.307 e. The van der Waals surface area contributed by atoms with Crippen molar-refractivity contribution >= 4 is 65.4 Å². The highest BCUT2D eigenvalue weighted by Crippen LogP contribution is 2.41. The van der Waals surface area contributed by atoms with Gasteiger partial charge < -0.3 is 4.57 Å². The Hall–Kier alpha value is -6.13. The molecule has 210 valence electrons. The van der Waals surface area contributed by atoms with Gasteiger partial charge in [0.15, 0.2) is 0 Å². The molecular formula is C41H26N4. The van der Waals surface area contributed by atoms with Crippen LogP contribution in [0.2, 0.25) is 0 Å². The normalized spacial score (nSPS) is 12.0. The molecule has 0 radical (unpaired) electrons. The molecule has 0 saturated heterocycles. The summed E-state index contributed by atoms with van der Waals surface area (Å²) in [5.74, 6) is 1.78. The lowest BCUT2D eigenvalue weighted by molar-refractivity contribution is 1.01. The topological polar surface area (TPSA) is 27.7 Å². The number of hydrogen-bond acceptors (Lipinski definition) is 1. The predicted molar refractivity (Wildman–Crippen MR) is 187 cm³/mol. The van der Waals surface area contributed by atoms with Crippen LogP contribution in [0.3, 0.4) is 0 Å². The maximum Gasteiger partial charge on any atom is 0.140 e. The summed E-state index contributed by atoms with van der Waals surface area (Å²) in [4.78, 5) is 5.44. The predicted octanol–water partition coefficient (Wildman–Crippen LogP) is 10.4. The van der Waals surface area contributed by atoms with Gasteiger partial charge in [0, 0.05) is 38.0 Å². The quantitative estimate of drug-likeness (QED) is 0.206. The molecule has 0 saturated carbocycles. The Balaban J connectivity index is 1.36. The highest BCUT2D eigenvalue weighted by molar-refractivity contribution is 6.23. The molecule has 0 bridgehead atoms. The maximum absolute atomic E-state index is 5.44. The number of hydrogen-bond donors (Lipinski definition) is 0. The summed E-state index contributed by atoms with van der Waals surface area (Å²) >= 11 is 0. The van der Waals surface area contributed by atoms with Gasteiger partial charge in [-0.05, 0) is 48.5 Å². The number of pyridine rings is 1. The third kappa shape index (κ3) is 3.34. The second-order valence-corrected chi connectivity index (χ2v) is 11.6. The van der Waals surface area contributed by atoms with Crippen molar-refractivity contribution in [2.24, 2.45) is 0 Å². The minimum atomic E-state index is 0.887. The summed E-state index contributed by atoms with van der Waals surface area (Å²) in [5.41, 5.74) is 8.10. The molecule has 0 spiro atoms. The van der Waals surface area contributed by atoms with Gasteiger partial charge in [-0.1, -0.05) is 109 Å². The summed E-state index contributed by atoms with van der Waals surface area (Å²) in [7, 11) is 0. The Morgan fingerprint density at radius 3 is 1.24 bits per heavy atom. The highest BCUT2D eigenvalue weighted by atomic mass is 15.1. The van der Waals surface area contributed by atoms with Crippen molar-refractivity contribution in [3.8, 4) is 17.3 Å². The molecule has 4 heterocycles. The minimum absolute atomic E-state index is 0.887. The van der Waals surface area contributed by atoms with Crippen LogP contribution >= 0.6 is 0 Å². The molecule has 0 aliphatic heterocycles. The van der Waals surface area contributed by atoms with E-state index in [0.29, 0.717) is 0 Å². The molecule has 4 nitrogen and oxygen atoms in total. The zero-order chi connectivity index (χ0) is 29.5. The van der Waals surface area contributed by atoms with Crippen molar-refractivity contribution in [3.63, 3.8) is 0 Å². The van der Waals surface area contributed by atoms with Gasteiger partial charge >= 0.3 is 0 Å². The van der Waals surface area contributed by atoms with Gasteiger partial charge in [-0.3, -0.25) is 9.13 Å². The summed E-state index contributed by atoms with van der Waals surface area (Å²) in [6, 6.07) is 56.3. The van der Waals surface area contributed by atoms with E-state index >= 15 is 0 Å². The molecule has 0 aliphatic rings. The first-order chi connectivity index (χ1) is 22.4. The Labute approximate surface area is 258 Å². The Morgan fingerprint density at radius 1 is 0.289 bits per heavy atom. The van der Waals surface area contributed by atoms with E-state index in [1.165, 1.54) is 43.4 Å². The number of para-hydroxylation sites is 5. The summed E-state index contributed by atoms with van der Waals surface area (Å²) < 4.78 is 7.07. The number of fused-ring (bicyclic) bond motifs is 10. The van der Waals surface area contributed by atoms with E-state index in [1.54, 1.807) is 0 Å². The molecule has 0 amide bonds. The van der Waals surface area contributed by atoms with Crippen LogP contribution in [0.25, 0.3) is 82.7 Å². The third-order valence-electron chi connectivity index (χ3n) is 9.24.